The van der Waals surface area contributed by atoms with Gasteiger partial charge in [-0.3, -0.25) is 0 Å². The summed E-state index contributed by atoms with van der Waals surface area (Å²) in [6.45, 7) is 7.61. The lowest BCUT2D eigenvalue weighted by molar-refractivity contribution is 0.349. The summed E-state index contributed by atoms with van der Waals surface area (Å²) < 4.78 is 7.39. The van der Waals surface area contributed by atoms with Crippen molar-refractivity contribution in [1.82, 2.24) is 14.5 Å². The first kappa shape index (κ1) is 15.1. The van der Waals surface area contributed by atoms with Gasteiger partial charge in [-0.2, -0.15) is 4.98 Å². The lowest BCUT2D eigenvalue weighted by atomic mass is 9.92. The Labute approximate surface area is 125 Å². The highest BCUT2D eigenvalue weighted by atomic mass is 35.5. The van der Waals surface area contributed by atoms with Gasteiger partial charge in [-0.1, -0.05) is 20.8 Å². The number of hydrogen-bond donors (Lipinski definition) is 0. The Morgan fingerprint density at radius 3 is 2.60 bits per heavy atom. The number of aryl methyl sites for hydroxylation is 2. The van der Waals surface area contributed by atoms with E-state index in [0.29, 0.717) is 11.8 Å². The van der Waals surface area contributed by atoms with Gasteiger partial charge < -0.3 is 9.30 Å². The van der Waals surface area contributed by atoms with Crippen LogP contribution in [0.2, 0.25) is 0 Å². The standard InChI is InChI=1S/C15H22ClN3O/c1-15(2,3)8-10-19-12(7-9-16)17-11-5-6-13(20-4)18-14(11)19/h5-6H,7-10H2,1-4H3. The highest BCUT2D eigenvalue weighted by molar-refractivity contribution is 6.17. The number of alkyl halides is 1. The number of aromatic nitrogens is 3. The molecule has 2 rings (SSSR count). The average Bonchev–Trinajstić information content (AvgIpc) is 2.72. The van der Waals surface area contributed by atoms with Gasteiger partial charge >= 0.3 is 0 Å². The topological polar surface area (TPSA) is 39.9 Å². The minimum atomic E-state index is 0.272. The van der Waals surface area contributed by atoms with Crippen LogP contribution in [-0.4, -0.2) is 27.5 Å². The van der Waals surface area contributed by atoms with Crippen molar-refractivity contribution in [3.63, 3.8) is 0 Å². The third-order valence-electron chi connectivity index (χ3n) is 3.26. The maximum Gasteiger partial charge on any atom is 0.215 e. The highest BCUT2D eigenvalue weighted by Crippen LogP contribution is 2.24. The molecule has 0 spiro atoms. The second-order valence-electron chi connectivity index (χ2n) is 6.13. The van der Waals surface area contributed by atoms with Crippen LogP contribution in [0.5, 0.6) is 5.88 Å². The fourth-order valence-electron chi connectivity index (χ4n) is 2.10. The summed E-state index contributed by atoms with van der Waals surface area (Å²) in [6, 6.07) is 3.79. The molecule has 0 aromatic carbocycles. The van der Waals surface area contributed by atoms with Gasteiger partial charge in [0.25, 0.3) is 0 Å². The van der Waals surface area contributed by atoms with Crippen LogP contribution in [0.25, 0.3) is 11.2 Å². The molecule has 0 saturated heterocycles. The predicted molar refractivity (Wildman–Crippen MR) is 82.6 cm³/mol. The number of pyridine rings is 1. The van der Waals surface area contributed by atoms with Gasteiger partial charge in [0.05, 0.1) is 7.11 Å². The van der Waals surface area contributed by atoms with E-state index < -0.39 is 0 Å². The van der Waals surface area contributed by atoms with E-state index in [2.05, 4.69) is 35.3 Å². The van der Waals surface area contributed by atoms with Crippen molar-refractivity contribution in [2.24, 2.45) is 5.41 Å². The van der Waals surface area contributed by atoms with E-state index in [-0.39, 0.29) is 5.41 Å². The molecule has 0 aliphatic rings. The van der Waals surface area contributed by atoms with Gasteiger partial charge in [0.15, 0.2) is 5.65 Å². The Hall–Kier alpha value is -1.29. The van der Waals surface area contributed by atoms with E-state index >= 15 is 0 Å². The molecule has 0 radical (unpaired) electrons. The third kappa shape index (κ3) is 3.42. The summed E-state index contributed by atoms with van der Waals surface area (Å²) in [5.74, 6) is 2.18. The molecule has 2 aromatic rings. The zero-order valence-electron chi connectivity index (χ0n) is 12.6. The van der Waals surface area contributed by atoms with Crippen molar-refractivity contribution < 1.29 is 4.74 Å². The zero-order valence-corrected chi connectivity index (χ0v) is 13.4. The van der Waals surface area contributed by atoms with Crippen molar-refractivity contribution in [1.29, 1.82) is 0 Å². The quantitative estimate of drug-likeness (QED) is 0.790. The van der Waals surface area contributed by atoms with E-state index in [1.54, 1.807) is 7.11 Å². The van der Waals surface area contributed by atoms with E-state index in [9.17, 15) is 0 Å². The first-order chi connectivity index (χ1) is 9.44. The maximum atomic E-state index is 5.89. The largest absolute Gasteiger partial charge is 0.481 e. The molecular formula is C15H22ClN3O. The zero-order chi connectivity index (χ0) is 14.8. The lowest BCUT2D eigenvalue weighted by Crippen LogP contribution is -2.13. The minimum absolute atomic E-state index is 0.272. The monoisotopic (exact) mass is 295 g/mol. The molecule has 0 N–H and O–H groups in total. The predicted octanol–water partition coefficient (Wildman–Crippen LogP) is 3.66. The van der Waals surface area contributed by atoms with Crippen LogP contribution in [0.3, 0.4) is 0 Å². The molecule has 0 aliphatic carbocycles. The summed E-state index contributed by atoms with van der Waals surface area (Å²) >= 11 is 5.89. The van der Waals surface area contributed by atoms with Gasteiger partial charge in [-0.15, -0.1) is 11.6 Å². The summed E-state index contributed by atoms with van der Waals surface area (Å²) in [5, 5.41) is 0. The number of fused-ring (bicyclic) bond motifs is 1. The van der Waals surface area contributed by atoms with Crippen molar-refractivity contribution in [3.8, 4) is 5.88 Å². The molecule has 110 valence electrons. The molecule has 0 unspecified atom stereocenters. The second kappa shape index (κ2) is 6.00. The number of ether oxygens (including phenoxy) is 1. The van der Waals surface area contributed by atoms with Crippen molar-refractivity contribution in [2.45, 2.75) is 40.2 Å². The number of rotatable bonds is 5. The van der Waals surface area contributed by atoms with Gasteiger partial charge in [0.2, 0.25) is 5.88 Å². The van der Waals surface area contributed by atoms with Crippen molar-refractivity contribution >= 4 is 22.8 Å². The van der Waals surface area contributed by atoms with Crippen LogP contribution in [0.15, 0.2) is 12.1 Å². The van der Waals surface area contributed by atoms with E-state index in [1.165, 1.54) is 0 Å². The Kier molecular flexibility index (Phi) is 4.53. The molecule has 2 aromatic heterocycles. The van der Waals surface area contributed by atoms with Crippen LogP contribution in [0.4, 0.5) is 0 Å². The Bertz CT molecular complexity index is 587. The fourth-order valence-corrected chi connectivity index (χ4v) is 2.27. The second-order valence-corrected chi connectivity index (χ2v) is 6.50. The average molecular weight is 296 g/mol. The number of methoxy groups -OCH3 is 1. The number of nitrogens with zero attached hydrogens (tertiary/aromatic N) is 3. The van der Waals surface area contributed by atoms with Crippen LogP contribution in [0.1, 0.15) is 33.0 Å². The van der Waals surface area contributed by atoms with Gasteiger partial charge in [-0.25, -0.2) is 4.98 Å². The number of halogens is 1. The molecule has 0 bridgehead atoms. The van der Waals surface area contributed by atoms with Crippen LogP contribution in [-0.2, 0) is 13.0 Å². The number of hydrogen-bond acceptors (Lipinski definition) is 3. The fraction of sp³-hybridized carbons (Fsp3) is 0.600. The first-order valence-electron chi connectivity index (χ1n) is 6.91. The molecule has 0 fully saturated rings. The summed E-state index contributed by atoms with van der Waals surface area (Å²) in [6.07, 6.45) is 1.82. The molecule has 5 heteroatoms. The Morgan fingerprint density at radius 1 is 1.25 bits per heavy atom. The Balaban J connectivity index is 2.43. The molecule has 0 atom stereocenters. The molecule has 0 aliphatic heterocycles. The first-order valence-corrected chi connectivity index (χ1v) is 7.44. The minimum Gasteiger partial charge on any atom is -0.481 e. The van der Waals surface area contributed by atoms with Gasteiger partial charge in [0.1, 0.15) is 11.3 Å². The summed E-state index contributed by atoms with van der Waals surface area (Å²) in [4.78, 5) is 9.17. The summed E-state index contributed by atoms with van der Waals surface area (Å²) in [7, 11) is 1.63. The third-order valence-corrected chi connectivity index (χ3v) is 3.45. The number of imidazole rings is 1. The lowest BCUT2D eigenvalue weighted by Gasteiger charge is -2.19. The smallest absolute Gasteiger partial charge is 0.215 e. The van der Waals surface area contributed by atoms with Crippen LogP contribution < -0.4 is 4.74 Å². The van der Waals surface area contributed by atoms with Gasteiger partial charge in [0, 0.05) is 24.9 Å². The molecule has 4 nitrogen and oxygen atoms in total. The van der Waals surface area contributed by atoms with Gasteiger partial charge in [-0.05, 0) is 17.9 Å². The molecule has 0 amide bonds. The molecule has 20 heavy (non-hydrogen) atoms. The SMILES string of the molecule is COc1ccc2nc(CCCl)n(CCC(C)(C)C)c2n1. The summed E-state index contributed by atoms with van der Waals surface area (Å²) in [5.41, 5.74) is 2.06. The molecular weight excluding hydrogens is 274 g/mol. The van der Waals surface area contributed by atoms with Crippen molar-refractivity contribution in [3.05, 3.63) is 18.0 Å². The normalized spacial score (nSPS) is 12.1. The van der Waals surface area contributed by atoms with E-state index in [4.69, 9.17) is 16.3 Å². The molecule has 2 heterocycles. The van der Waals surface area contributed by atoms with E-state index in [1.807, 2.05) is 12.1 Å². The van der Waals surface area contributed by atoms with Crippen molar-refractivity contribution in [2.75, 3.05) is 13.0 Å². The van der Waals surface area contributed by atoms with Crippen LogP contribution in [0, 0.1) is 5.41 Å². The Morgan fingerprint density at radius 2 is 2.00 bits per heavy atom. The highest BCUT2D eigenvalue weighted by Gasteiger charge is 2.16. The van der Waals surface area contributed by atoms with E-state index in [0.717, 1.165) is 36.4 Å². The van der Waals surface area contributed by atoms with Crippen LogP contribution >= 0.6 is 11.6 Å². The maximum absolute atomic E-state index is 5.89. The molecule has 0 saturated carbocycles.